The topological polar surface area (TPSA) is 71.2 Å². The molecular formula is C18H30N4O. The van der Waals surface area contributed by atoms with Gasteiger partial charge in [-0.3, -0.25) is 10.2 Å². The van der Waals surface area contributed by atoms with Crippen molar-refractivity contribution in [2.45, 2.75) is 34.1 Å². The second kappa shape index (κ2) is 12.4. The van der Waals surface area contributed by atoms with Gasteiger partial charge in [0, 0.05) is 31.9 Å². The fourth-order valence-corrected chi connectivity index (χ4v) is 2.07. The van der Waals surface area contributed by atoms with Gasteiger partial charge >= 0.3 is 0 Å². The van der Waals surface area contributed by atoms with Crippen molar-refractivity contribution in [1.29, 1.82) is 10.8 Å². The fraction of sp³-hybridized carbons (Fsp3) is 0.500. The molecular weight excluding hydrogens is 288 g/mol. The van der Waals surface area contributed by atoms with Gasteiger partial charge in [0.25, 0.3) is 0 Å². The van der Waals surface area contributed by atoms with Gasteiger partial charge in [0.1, 0.15) is 5.84 Å². The first-order valence-corrected chi connectivity index (χ1v) is 8.06. The molecule has 0 bridgehead atoms. The number of allylic oxidation sites excluding steroid dienone is 3. The van der Waals surface area contributed by atoms with Crippen molar-refractivity contribution < 1.29 is 4.79 Å². The third-order valence-electron chi connectivity index (χ3n) is 3.25. The minimum absolute atomic E-state index is 0.364. The highest BCUT2D eigenvalue weighted by molar-refractivity contribution is 5.99. The number of rotatable bonds is 11. The van der Waals surface area contributed by atoms with Crippen molar-refractivity contribution in [2.24, 2.45) is 0 Å². The van der Waals surface area contributed by atoms with E-state index in [1.54, 1.807) is 24.0 Å². The summed E-state index contributed by atoms with van der Waals surface area (Å²) in [5.41, 5.74) is 1.54. The molecule has 5 nitrogen and oxygen atoms in total. The number of hydrogen-bond donors (Lipinski definition) is 2. The lowest BCUT2D eigenvalue weighted by Crippen LogP contribution is -2.37. The Bertz CT molecular complexity index is 477. The van der Waals surface area contributed by atoms with Crippen LogP contribution in [0.3, 0.4) is 0 Å². The lowest BCUT2D eigenvalue weighted by molar-refractivity contribution is -0.117. The van der Waals surface area contributed by atoms with Crippen molar-refractivity contribution in [3.8, 4) is 0 Å². The molecule has 1 amide bonds. The Morgan fingerprint density at radius 2 is 1.78 bits per heavy atom. The zero-order valence-corrected chi connectivity index (χ0v) is 14.8. The molecule has 23 heavy (non-hydrogen) atoms. The summed E-state index contributed by atoms with van der Waals surface area (Å²) in [7, 11) is 0. The zero-order valence-electron chi connectivity index (χ0n) is 14.8. The molecule has 128 valence electrons. The molecule has 0 saturated carbocycles. The van der Waals surface area contributed by atoms with E-state index in [1.807, 2.05) is 30.9 Å². The zero-order chi connectivity index (χ0) is 17.7. The van der Waals surface area contributed by atoms with E-state index in [0.29, 0.717) is 37.7 Å². The first-order valence-electron chi connectivity index (χ1n) is 8.06. The minimum Gasteiger partial charge on any atom is -0.356 e. The summed E-state index contributed by atoms with van der Waals surface area (Å²) < 4.78 is 0. The van der Waals surface area contributed by atoms with Crippen LogP contribution in [0.15, 0.2) is 36.0 Å². The van der Waals surface area contributed by atoms with Gasteiger partial charge < -0.3 is 15.2 Å². The van der Waals surface area contributed by atoms with Crippen molar-refractivity contribution in [1.82, 2.24) is 9.80 Å². The van der Waals surface area contributed by atoms with E-state index in [9.17, 15) is 4.79 Å². The molecule has 0 spiro atoms. The fourth-order valence-electron chi connectivity index (χ4n) is 2.07. The predicted molar refractivity (Wildman–Crippen MR) is 98.3 cm³/mol. The quantitative estimate of drug-likeness (QED) is 0.266. The van der Waals surface area contributed by atoms with Crippen molar-refractivity contribution >= 4 is 18.0 Å². The number of likely N-dealkylation sites (N-methyl/N-ethyl adjacent to an activating group) is 1. The SMILES string of the molecule is CC=CC(=CCC)CN(C=O)CCN(CC)C(=N)/C=C\C(C)=N. The van der Waals surface area contributed by atoms with Crippen molar-refractivity contribution in [3.63, 3.8) is 0 Å². The van der Waals surface area contributed by atoms with E-state index in [2.05, 4.69) is 13.0 Å². The Balaban J connectivity index is 4.68. The van der Waals surface area contributed by atoms with Gasteiger partial charge in [0.05, 0.1) is 0 Å². The first kappa shape index (κ1) is 20.8. The molecule has 0 atom stereocenters. The number of carbonyl (C=O) groups excluding carboxylic acids is 1. The first-order chi connectivity index (χ1) is 11.0. The molecule has 0 aromatic rings. The van der Waals surface area contributed by atoms with E-state index in [1.165, 1.54) is 0 Å². The average Bonchev–Trinajstić information content (AvgIpc) is 2.52. The lowest BCUT2D eigenvalue weighted by atomic mass is 10.2. The van der Waals surface area contributed by atoms with E-state index < -0.39 is 0 Å². The van der Waals surface area contributed by atoms with Crippen LogP contribution in [0.2, 0.25) is 0 Å². The van der Waals surface area contributed by atoms with Crippen LogP contribution in [-0.2, 0) is 4.79 Å². The van der Waals surface area contributed by atoms with Gasteiger partial charge in [0.2, 0.25) is 6.41 Å². The maximum atomic E-state index is 11.3. The Labute approximate surface area is 140 Å². The summed E-state index contributed by atoms with van der Waals surface area (Å²) in [4.78, 5) is 14.9. The molecule has 0 aromatic carbocycles. The molecule has 2 N–H and O–H groups in total. The molecule has 0 radical (unpaired) electrons. The van der Waals surface area contributed by atoms with Crippen molar-refractivity contribution in [2.75, 3.05) is 26.2 Å². The molecule has 0 saturated heterocycles. The Morgan fingerprint density at radius 1 is 1.09 bits per heavy atom. The minimum atomic E-state index is 0.364. The number of amides is 1. The smallest absolute Gasteiger partial charge is 0.210 e. The number of nitrogens with one attached hydrogen (secondary N) is 2. The van der Waals surface area contributed by atoms with Gasteiger partial charge in [-0.25, -0.2) is 0 Å². The maximum absolute atomic E-state index is 11.3. The standard InChI is InChI=1S/C18H30N4O/c1-5-8-17(9-6-2)14-21(15-23)12-13-22(7-3)18(20)11-10-16(4)19/h5,8-11,15,19-20H,6-7,12-14H2,1-4H3/b8-5?,11-10-,17-9?,19-16?,20-18?. The summed E-state index contributed by atoms with van der Waals surface area (Å²) in [5.74, 6) is 0.364. The third-order valence-corrected chi connectivity index (χ3v) is 3.25. The van der Waals surface area contributed by atoms with E-state index >= 15 is 0 Å². The van der Waals surface area contributed by atoms with Gasteiger partial charge in [-0.1, -0.05) is 25.2 Å². The average molecular weight is 318 g/mol. The number of carbonyl (C=O) groups is 1. The molecule has 0 unspecified atom stereocenters. The molecule has 0 heterocycles. The largest absolute Gasteiger partial charge is 0.356 e. The number of amidine groups is 1. The summed E-state index contributed by atoms with van der Waals surface area (Å²) >= 11 is 0. The highest BCUT2D eigenvalue weighted by Gasteiger charge is 2.09. The van der Waals surface area contributed by atoms with Gasteiger partial charge in [-0.05, 0) is 44.9 Å². The normalized spacial score (nSPS) is 11.9. The highest BCUT2D eigenvalue weighted by Crippen LogP contribution is 2.03. The van der Waals surface area contributed by atoms with Gasteiger partial charge in [0.15, 0.2) is 0 Å². The number of nitrogens with zero attached hydrogens (tertiary/aromatic N) is 2. The van der Waals surface area contributed by atoms with Crippen LogP contribution >= 0.6 is 0 Å². The summed E-state index contributed by atoms with van der Waals surface area (Å²) in [5, 5.41) is 15.4. The van der Waals surface area contributed by atoms with Crippen LogP contribution < -0.4 is 0 Å². The Morgan fingerprint density at radius 3 is 2.26 bits per heavy atom. The molecule has 0 aliphatic heterocycles. The van der Waals surface area contributed by atoms with Gasteiger partial charge in [-0.2, -0.15) is 0 Å². The number of hydrogen-bond acceptors (Lipinski definition) is 3. The van der Waals surface area contributed by atoms with Crippen molar-refractivity contribution in [3.05, 3.63) is 36.0 Å². The Hall–Kier alpha value is -2.17. The summed E-state index contributed by atoms with van der Waals surface area (Å²) in [6.45, 7) is 10.1. The monoisotopic (exact) mass is 318 g/mol. The molecule has 0 aliphatic carbocycles. The summed E-state index contributed by atoms with van der Waals surface area (Å²) in [6.07, 6.45) is 11.1. The molecule has 5 heteroatoms. The van der Waals surface area contributed by atoms with E-state index in [0.717, 1.165) is 18.4 Å². The third kappa shape index (κ3) is 9.45. The lowest BCUT2D eigenvalue weighted by Gasteiger charge is -2.25. The highest BCUT2D eigenvalue weighted by atomic mass is 16.1. The van der Waals surface area contributed by atoms with Crippen LogP contribution in [0, 0.1) is 10.8 Å². The van der Waals surface area contributed by atoms with E-state index in [-0.39, 0.29) is 0 Å². The van der Waals surface area contributed by atoms with Gasteiger partial charge in [-0.15, -0.1) is 0 Å². The van der Waals surface area contributed by atoms with E-state index in [4.69, 9.17) is 10.8 Å². The predicted octanol–water partition coefficient (Wildman–Crippen LogP) is 3.25. The Kier molecular flexibility index (Phi) is 11.2. The van der Waals surface area contributed by atoms with Crippen LogP contribution in [0.1, 0.15) is 34.1 Å². The maximum Gasteiger partial charge on any atom is 0.210 e. The molecule has 0 aromatic heterocycles. The summed E-state index contributed by atoms with van der Waals surface area (Å²) in [6, 6.07) is 0. The second-order valence-corrected chi connectivity index (χ2v) is 5.24. The molecule has 0 rings (SSSR count). The molecule has 0 aliphatic rings. The second-order valence-electron chi connectivity index (χ2n) is 5.24. The van der Waals surface area contributed by atoms with Crippen LogP contribution in [0.5, 0.6) is 0 Å². The van der Waals surface area contributed by atoms with Crippen LogP contribution in [0.25, 0.3) is 0 Å². The molecule has 0 fully saturated rings. The van der Waals surface area contributed by atoms with Crippen LogP contribution in [-0.4, -0.2) is 53.9 Å². The van der Waals surface area contributed by atoms with Crippen LogP contribution in [0.4, 0.5) is 0 Å².